The molecule has 1 aromatic rings. The van der Waals surface area contributed by atoms with E-state index in [1.54, 1.807) is 0 Å². The third-order valence-electron chi connectivity index (χ3n) is 3.32. The number of benzene rings is 1. The minimum Gasteiger partial charge on any atom is -0.486 e. The molecule has 0 fully saturated rings. The van der Waals surface area contributed by atoms with Crippen LogP contribution in [-0.2, 0) is 5.41 Å². The molecule has 3 N–H and O–H groups in total. The van der Waals surface area contributed by atoms with Crippen LogP contribution in [0, 0.1) is 6.92 Å². The van der Waals surface area contributed by atoms with E-state index in [9.17, 15) is 4.79 Å². The molecule has 0 spiro atoms. The van der Waals surface area contributed by atoms with Crippen LogP contribution >= 0.6 is 0 Å². The highest BCUT2D eigenvalue weighted by molar-refractivity contribution is 5.71. The lowest BCUT2D eigenvalue weighted by Crippen LogP contribution is -2.39. The quantitative estimate of drug-likeness (QED) is 0.873. The van der Waals surface area contributed by atoms with E-state index >= 15 is 0 Å². The lowest BCUT2D eigenvalue weighted by atomic mass is 9.81. The lowest BCUT2D eigenvalue weighted by Gasteiger charge is -2.29. The van der Waals surface area contributed by atoms with Crippen molar-refractivity contribution in [3.8, 4) is 11.5 Å². The molecule has 0 radical (unpaired) electrons. The number of primary amides is 1. The summed E-state index contributed by atoms with van der Waals surface area (Å²) in [5.41, 5.74) is 7.13. The van der Waals surface area contributed by atoms with Gasteiger partial charge in [-0.05, 0) is 30.2 Å². The lowest BCUT2D eigenvalue weighted by molar-refractivity contribution is 0.171. The summed E-state index contributed by atoms with van der Waals surface area (Å²) in [4.78, 5) is 10.9. The minimum absolute atomic E-state index is 0.227. The molecule has 0 aliphatic carbocycles. The van der Waals surface area contributed by atoms with Crippen molar-refractivity contribution in [1.29, 1.82) is 0 Å². The fourth-order valence-corrected chi connectivity index (χ4v) is 2.32. The average Bonchev–Trinajstić information content (AvgIpc) is 2.35. The van der Waals surface area contributed by atoms with Crippen molar-refractivity contribution in [3.63, 3.8) is 0 Å². The Morgan fingerprint density at radius 2 is 1.89 bits per heavy atom. The monoisotopic (exact) mass is 264 g/mol. The SMILES string of the molecule is Cc1cc2c(cc1C(C)(C)CNC(N)=O)OCCO2. The van der Waals surface area contributed by atoms with Gasteiger partial charge >= 0.3 is 6.03 Å². The second kappa shape index (κ2) is 4.99. The third-order valence-corrected chi connectivity index (χ3v) is 3.32. The first-order chi connectivity index (χ1) is 8.90. The summed E-state index contributed by atoms with van der Waals surface area (Å²) in [5, 5.41) is 2.66. The van der Waals surface area contributed by atoms with Gasteiger partial charge in [0.15, 0.2) is 11.5 Å². The molecule has 1 heterocycles. The Bertz CT molecular complexity index is 498. The first kappa shape index (κ1) is 13.5. The molecule has 1 aliphatic rings. The van der Waals surface area contributed by atoms with Crippen LogP contribution in [0.3, 0.4) is 0 Å². The van der Waals surface area contributed by atoms with Crippen LogP contribution in [0.1, 0.15) is 25.0 Å². The van der Waals surface area contributed by atoms with Crippen LogP contribution in [0.5, 0.6) is 11.5 Å². The Labute approximate surface area is 113 Å². The zero-order chi connectivity index (χ0) is 14.0. The van der Waals surface area contributed by atoms with Gasteiger partial charge in [-0.3, -0.25) is 0 Å². The van der Waals surface area contributed by atoms with Gasteiger partial charge in [-0.25, -0.2) is 4.79 Å². The largest absolute Gasteiger partial charge is 0.486 e. The van der Waals surface area contributed by atoms with E-state index in [0.29, 0.717) is 19.8 Å². The molecule has 0 saturated carbocycles. The van der Waals surface area contributed by atoms with Crippen LogP contribution in [0.15, 0.2) is 12.1 Å². The number of nitrogens with one attached hydrogen (secondary N) is 1. The van der Waals surface area contributed by atoms with Crippen LogP contribution in [0.4, 0.5) is 4.79 Å². The Balaban J connectivity index is 2.30. The van der Waals surface area contributed by atoms with E-state index < -0.39 is 6.03 Å². The third kappa shape index (κ3) is 2.92. The highest BCUT2D eigenvalue weighted by Crippen LogP contribution is 2.37. The predicted octanol–water partition coefficient (Wildman–Crippen LogP) is 1.71. The molecule has 19 heavy (non-hydrogen) atoms. The number of carbonyl (C=O) groups excluding carboxylic acids is 1. The molecule has 104 valence electrons. The summed E-state index contributed by atoms with van der Waals surface area (Å²) in [6.45, 7) is 7.76. The standard InChI is InChI=1S/C14H20N2O3/c1-9-6-11-12(19-5-4-18-11)7-10(9)14(2,3)8-16-13(15)17/h6-7H,4-5,8H2,1-3H3,(H3,15,16,17). The second-order valence-electron chi connectivity index (χ2n) is 5.41. The van der Waals surface area contributed by atoms with E-state index in [0.717, 1.165) is 22.6 Å². The van der Waals surface area contributed by atoms with Gasteiger partial charge in [0.25, 0.3) is 0 Å². The maximum atomic E-state index is 10.9. The van der Waals surface area contributed by atoms with Crippen molar-refractivity contribution < 1.29 is 14.3 Å². The van der Waals surface area contributed by atoms with Crippen LogP contribution in [-0.4, -0.2) is 25.8 Å². The van der Waals surface area contributed by atoms with E-state index in [1.807, 2.05) is 19.1 Å². The van der Waals surface area contributed by atoms with E-state index in [2.05, 4.69) is 19.2 Å². The van der Waals surface area contributed by atoms with Gasteiger partial charge < -0.3 is 20.5 Å². The van der Waals surface area contributed by atoms with Gasteiger partial charge in [-0.1, -0.05) is 13.8 Å². The highest BCUT2D eigenvalue weighted by atomic mass is 16.6. The first-order valence-corrected chi connectivity index (χ1v) is 6.34. The summed E-state index contributed by atoms with van der Waals surface area (Å²) in [5.74, 6) is 1.55. The van der Waals surface area contributed by atoms with Gasteiger partial charge in [-0.15, -0.1) is 0 Å². The number of nitrogens with two attached hydrogens (primary N) is 1. The number of amides is 2. The van der Waals surface area contributed by atoms with Crippen molar-refractivity contribution in [3.05, 3.63) is 23.3 Å². The number of rotatable bonds is 3. The highest BCUT2D eigenvalue weighted by Gasteiger charge is 2.26. The molecule has 1 aromatic carbocycles. The number of hydrogen-bond donors (Lipinski definition) is 2. The molecular formula is C14H20N2O3. The fourth-order valence-electron chi connectivity index (χ4n) is 2.32. The number of aryl methyl sites for hydroxylation is 1. The van der Waals surface area contributed by atoms with Crippen LogP contribution < -0.4 is 20.5 Å². The van der Waals surface area contributed by atoms with E-state index in [4.69, 9.17) is 15.2 Å². The fraction of sp³-hybridized carbons (Fsp3) is 0.500. The Morgan fingerprint density at radius 1 is 1.32 bits per heavy atom. The van der Waals surface area contributed by atoms with Crippen molar-refractivity contribution in [2.75, 3.05) is 19.8 Å². The zero-order valence-electron chi connectivity index (χ0n) is 11.6. The maximum Gasteiger partial charge on any atom is 0.312 e. The molecule has 0 bridgehead atoms. The van der Waals surface area contributed by atoms with Gasteiger partial charge in [0, 0.05) is 12.0 Å². The number of urea groups is 1. The molecular weight excluding hydrogens is 244 g/mol. The molecule has 2 rings (SSSR count). The maximum absolute atomic E-state index is 10.9. The average molecular weight is 264 g/mol. The molecule has 5 nitrogen and oxygen atoms in total. The molecule has 1 aliphatic heterocycles. The summed E-state index contributed by atoms with van der Waals surface area (Å²) in [6.07, 6.45) is 0. The second-order valence-corrected chi connectivity index (χ2v) is 5.41. The van der Waals surface area contributed by atoms with Crippen molar-refractivity contribution in [1.82, 2.24) is 5.32 Å². The predicted molar refractivity (Wildman–Crippen MR) is 72.8 cm³/mol. The molecule has 0 atom stereocenters. The summed E-state index contributed by atoms with van der Waals surface area (Å²) >= 11 is 0. The van der Waals surface area contributed by atoms with Crippen LogP contribution in [0.25, 0.3) is 0 Å². The number of ether oxygens (including phenoxy) is 2. The smallest absolute Gasteiger partial charge is 0.312 e. The van der Waals surface area contributed by atoms with Gasteiger partial charge in [-0.2, -0.15) is 0 Å². The summed E-state index contributed by atoms with van der Waals surface area (Å²) in [6, 6.07) is 3.46. The topological polar surface area (TPSA) is 73.6 Å². The molecule has 0 aromatic heterocycles. The molecule has 2 amide bonds. The van der Waals surface area contributed by atoms with Gasteiger partial charge in [0.2, 0.25) is 0 Å². The molecule has 5 heteroatoms. The minimum atomic E-state index is -0.511. The van der Waals surface area contributed by atoms with Crippen molar-refractivity contribution in [2.45, 2.75) is 26.2 Å². The molecule has 0 saturated heterocycles. The van der Waals surface area contributed by atoms with E-state index in [-0.39, 0.29) is 5.41 Å². The zero-order valence-corrected chi connectivity index (χ0v) is 11.6. The molecule has 0 unspecified atom stereocenters. The Hall–Kier alpha value is -1.91. The summed E-state index contributed by atoms with van der Waals surface area (Å²) in [7, 11) is 0. The van der Waals surface area contributed by atoms with Gasteiger partial charge in [0.05, 0.1) is 0 Å². The summed E-state index contributed by atoms with van der Waals surface area (Å²) < 4.78 is 11.2. The Morgan fingerprint density at radius 3 is 2.47 bits per heavy atom. The Kier molecular flexibility index (Phi) is 3.55. The van der Waals surface area contributed by atoms with Crippen molar-refractivity contribution >= 4 is 6.03 Å². The number of carbonyl (C=O) groups is 1. The van der Waals surface area contributed by atoms with E-state index in [1.165, 1.54) is 0 Å². The number of hydrogen-bond acceptors (Lipinski definition) is 3. The number of fused-ring (bicyclic) bond motifs is 1. The van der Waals surface area contributed by atoms with Crippen LogP contribution in [0.2, 0.25) is 0 Å². The first-order valence-electron chi connectivity index (χ1n) is 6.34. The normalized spacial score (nSPS) is 14.1. The van der Waals surface area contributed by atoms with Gasteiger partial charge in [0.1, 0.15) is 13.2 Å². The van der Waals surface area contributed by atoms with Crippen molar-refractivity contribution in [2.24, 2.45) is 5.73 Å².